The van der Waals surface area contributed by atoms with Crippen molar-refractivity contribution in [2.75, 3.05) is 0 Å². The number of rotatable bonds is 2. The zero-order valence-corrected chi connectivity index (χ0v) is 7.92. The molecule has 0 heterocycles. The molecule has 1 N–H and O–H groups in total. The lowest BCUT2D eigenvalue weighted by Gasteiger charge is -2.31. The molecule has 1 rings (SSSR count). The van der Waals surface area contributed by atoms with Crippen LogP contribution in [0.2, 0.25) is 0 Å². The van der Waals surface area contributed by atoms with Crippen molar-refractivity contribution in [2.45, 2.75) is 39.5 Å². The fourth-order valence-electron chi connectivity index (χ4n) is 2.26. The second kappa shape index (κ2) is 3.92. The first-order valence-electron chi connectivity index (χ1n) is 4.85. The van der Waals surface area contributed by atoms with E-state index in [0.29, 0.717) is 11.8 Å². The second-order valence-corrected chi connectivity index (χ2v) is 4.14. The van der Waals surface area contributed by atoms with Gasteiger partial charge in [-0.3, -0.25) is 4.79 Å². The molecule has 0 radical (unpaired) electrons. The van der Waals surface area contributed by atoms with Gasteiger partial charge in [-0.15, -0.1) is 0 Å². The molecule has 0 aromatic rings. The van der Waals surface area contributed by atoms with E-state index in [0.717, 1.165) is 19.3 Å². The minimum atomic E-state index is -0.589. The lowest BCUT2D eigenvalue weighted by atomic mass is 9.73. The fraction of sp³-hybridized carbons (Fsp3) is 0.900. The number of carbonyl (C=O) groups is 1. The van der Waals surface area contributed by atoms with Crippen LogP contribution in [0.3, 0.4) is 0 Å². The van der Waals surface area contributed by atoms with Crippen molar-refractivity contribution in [3.05, 3.63) is 0 Å². The van der Waals surface area contributed by atoms with Crippen LogP contribution in [0.15, 0.2) is 0 Å². The van der Waals surface area contributed by atoms with Crippen LogP contribution in [0.4, 0.5) is 0 Å². The van der Waals surface area contributed by atoms with E-state index in [1.54, 1.807) is 0 Å². The summed E-state index contributed by atoms with van der Waals surface area (Å²) in [4.78, 5) is 10.9. The summed E-state index contributed by atoms with van der Waals surface area (Å²) in [6, 6.07) is 0. The van der Waals surface area contributed by atoms with Gasteiger partial charge in [-0.1, -0.05) is 26.7 Å². The lowest BCUT2D eigenvalue weighted by Crippen LogP contribution is -2.30. The Kier molecular flexibility index (Phi) is 3.12. The van der Waals surface area contributed by atoms with E-state index in [-0.39, 0.29) is 5.92 Å². The Morgan fingerprint density at radius 1 is 1.33 bits per heavy atom. The summed E-state index contributed by atoms with van der Waals surface area (Å²) in [6.07, 6.45) is 4.31. The number of aliphatic carboxylic acids is 1. The zero-order valence-electron chi connectivity index (χ0n) is 7.92. The van der Waals surface area contributed by atoms with Crippen LogP contribution >= 0.6 is 0 Å². The fourth-order valence-corrected chi connectivity index (χ4v) is 2.26. The summed E-state index contributed by atoms with van der Waals surface area (Å²) in [5.41, 5.74) is 0. The van der Waals surface area contributed by atoms with E-state index in [1.165, 1.54) is 6.42 Å². The summed E-state index contributed by atoms with van der Waals surface area (Å²) >= 11 is 0. The van der Waals surface area contributed by atoms with Gasteiger partial charge in [0.1, 0.15) is 0 Å². The summed E-state index contributed by atoms with van der Waals surface area (Å²) in [5, 5.41) is 8.96. The van der Waals surface area contributed by atoms with Gasteiger partial charge in [0, 0.05) is 0 Å². The van der Waals surface area contributed by atoms with E-state index in [1.807, 2.05) is 0 Å². The van der Waals surface area contributed by atoms with Crippen LogP contribution in [-0.2, 0) is 4.79 Å². The van der Waals surface area contributed by atoms with Crippen LogP contribution in [0.1, 0.15) is 39.5 Å². The van der Waals surface area contributed by atoms with Gasteiger partial charge in [0.25, 0.3) is 0 Å². The summed E-state index contributed by atoms with van der Waals surface area (Å²) in [7, 11) is 0. The van der Waals surface area contributed by atoms with E-state index < -0.39 is 5.97 Å². The largest absolute Gasteiger partial charge is 0.481 e. The maximum Gasteiger partial charge on any atom is 0.306 e. The van der Waals surface area contributed by atoms with Crippen molar-refractivity contribution in [2.24, 2.45) is 17.8 Å². The smallest absolute Gasteiger partial charge is 0.306 e. The Morgan fingerprint density at radius 3 is 2.33 bits per heavy atom. The summed E-state index contributed by atoms with van der Waals surface area (Å²) < 4.78 is 0. The maximum absolute atomic E-state index is 10.9. The highest BCUT2D eigenvalue weighted by molar-refractivity contribution is 5.70. The predicted molar refractivity (Wildman–Crippen MR) is 47.9 cm³/mol. The first-order valence-corrected chi connectivity index (χ1v) is 4.85. The third-order valence-corrected chi connectivity index (χ3v) is 2.99. The number of carboxylic acids is 1. The molecule has 2 heteroatoms. The lowest BCUT2D eigenvalue weighted by molar-refractivity contribution is -0.145. The third kappa shape index (κ3) is 1.99. The molecule has 1 aliphatic carbocycles. The maximum atomic E-state index is 10.9. The molecule has 12 heavy (non-hydrogen) atoms. The molecule has 0 spiro atoms. The molecule has 0 unspecified atom stereocenters. The predicted octanol–water partition coefficient (Wildman–Crippen LogP) is 2.53. The molecule has 0 aliphatic heterocycles. The first kappa shape index (κ1) is 9.56. The molecule has 2 atom stereocenters. The van der Waals surface area contributed by atoms with Gasteiger partial charge in [0.15, 0.2) is 0 Å². The van der Waals surface area contributed by atoms with Gasteiger partial charge in [-0.2, -0.15) is 0 Å². The standard InChI is InChI=1S/C10H18O2/c1-7(2)8-5-3-4-6-9(8)10(11)12/h7-9H,3-6H2,1-2H3,(H,11,12)/t8-,9-/m0/s1. The monoisotopic (exact) mass is 170 g/mol. The van der Waals surface area contributed by atoms with Gasteiger partial charge >= 0.3 is 5.97 Å². The molecule has 0 amide bonds. The van der Waals surface area contributed by atoms with Crippen molar-refractivity contribution in [1.82, 2.24) is 0 Å². The van der Waals surface area contributed by atoms with Crippen LogP contribution in [0.5, 0.6) is 0 Å². The van der Waals surface area contributed by atoms with Gasteiger partial charge in [-0.25, -0.2) is 0 Å². The van der Waals surface area contributed by atoms with E-state index in [2.05, 4.69) is 13.8 Å². The topological polar surface area (TPSA) is 37.3 Å². The van der Waals surface area contributed by atoms with E-state index in [9.17, 15) is 4.79 Å². The Balaban J connectivity index is 2.60. The van der Waals surface area contributed by atoms with Crippen LogP contribution in [0, 0.1) is 17.8 Å². The molecule has 0 saturated heterocycles. The summed E-state index contributed by atoms with van der Waals surface area (Å²) in [6.45, 7) is 4.26. The average molecular weight is 170 g/mol. The zero-order chi connectivity index (χ0) is 9.14. The Morgan fingerprint density at radius 2 is 1.92 bits per heavy atom. The van der Waals surface area contributed by atoms with Crippen molar-refractivity contribution in [3.8, 4) is 0 Å². The Hall–Kier alpha value is -0.530. The van der Waals surface area contributed by atoms with Crippen molar-refractivity contribution < 1.29 is 9.90 Å². The first-order chi connectivity index (χ1) is 5.63. The highest BCUT2D eigenvalue weighted by Crippen LogP contribution is 2.34. The quantitative estimate of drug-likeness (QED) is 0.691. The molecule has 1 fully saturated rings. The molecule has 0 aromatic carbocycles. The average Bonchev–Trinajstić information content (AvgIpc) is 2.04. The molecule has 0 aromatic heterocycles. The van der Waals surface area contributed by atoms with Gasteiger partial charge in [0.05, 0.1) is 5.92 Å². The van der Waals surface area contributed by atoms with Gasteiger partial charge in [0.2, 0.25) is 0 Å². The molecule has 1 saturated carbocycles. The minimum absolute atomic E-state index is 0.0706. The Labute approximate surface area is 74.0 Å². The minimum Gasteiger partial charge on any atom is -0.481 e. The highest BCUT2D eigenvalue weighted by atomic mass is 16.4. The SMILES string of the molecule is CC(C)[C@@H]1CCCC[C@@H]1C(=O)O. The number of hydrogen-bond acceptors (Lipinski definition) is 1. The molecular weight excluding hydrogens is 152 g/mol. The van der Waals surface area contributed by atoms with Gasteiger partial charge < -0.3 is 5.11 Å². The molecule has 2 nitrogen and oxygen atoms in total. The highest BCUT2D eigenvalue weighted by Gasteiger charge is 2.32. The van der Waals surface area contributed by atoms with Crippen molar-refractivity contribution in [3.63, 3.8) is 0 Å². The normalized spacial score (nSPS) is 30.6. The van der Waals surface area contributed by atoms with Crippen molar-refractivity contribution in [1.29, 1.82) is 0 Å². The van der Waals surface area contributed by atoms with Crippen LogP contribution in [0.25, 0.3) is 0 Å². The number of carboxylic acid groups (broad SMARTS) is 1. The van der Waals surface area contributed by atoms with Crippen LogP contribution in [-0.4, -0.2) is 11.1 Å². The molecule has 70 valence electrons. The molecular formula is C10H18O2. The van der Waals surface area contributed by atoms with E-state index in [4.69, 9.17) is 5.11 Å². The van der Waals surface area contributed by atoms with Crippen molar-refractivity contribution >= 4 is 5.97 Å². The molecule has 1 aliphatic rings. The third-order valence-electron chi connectivity index (χ3n) is 2.99. The van der Waals surface area contributed by atoms with Gasteiger partial charge in [-0.05, 0) is 24.7 Å². The second-order valence-electron chi connectivity index (χ2n) is 4.14. The van der Waals surface area contributed by atoms with E-state index >= 15 is 0 Å². The Bertz CT molecular complexity index is 163. The molecule has 0 bridgehead atoms. The summed E-state index contributed by atoms with van der Waals surface area (Å²) in [5.74, 6) is 0.273. The van der Waals surface area contributed by atoms with Crippen LogP contribution < -0.4 is 0 Å². The number of hydrogen-bond donors (Lipinski definition) is 1.